The van der Waals surface area contributed by atoms with Crippen molar-refractivity contribution in [2.45, 2.75) is 162 Å². The number of thiophene rings is 1. The summed E-state index contributed by atoms with van der Waals surface area (Å²) in [6.07, 6.45) is 14.9. The van der Waals surface area contributed by atoms with Crippen molar-refractivity contribution in [3.05, 3.63) is 57.8 Å². The SMILES string of the molecule is C=C1C(=CC=C2CCC[C@]3(C)[C@@H]([C@H](C)CCC(=O)c4cccs4)CC[C@@H]23)C[C@@H](O[Si](C)(C)C(C)(C)C)C[C@@H]1O[Si](C)(C)C(C)(C)C. The highest BCUT2D eigenvalue weighted by Crippen LogP contribution is 2.60. The summed E-state index contributed by atoms with van der Waals surface area (Å²) in [6, 6.07) is 3.96. The highest BCUT2D eigenvalue weighted by atomic mass is 32.1. The summed E-state index contributed by atoms with van der Waals surface area (Å²) < 4.78 is 14.2. The van der Waals surface area contributed by atoms with Gasteiger partial charge in [-0.1, -0.05) is 85.8 Å². The molecular weight excluding hydrogens is 617 g/mol. The molecule has 3 aliphatic carbocycles. The molecule has 6 atom stereocenters. The topological polar surface area (TPSA) is 35.5 Å². The molecule has 1 aromatic heterocycles. The fraction of sp³-hybridized carbons (Fsp3) is 0.725. The molecule has 0 N–H and O–H groups in total. The van der Waals surface area contributed by atoms with E-state index in [9.17, 15) is 4.79 Å². The molecule has 258 valence electrons. The molecule has 1 aromatic rings. The molecule has 0 aliphatic heterocycles. The molecule has 0 unspecified atom stereocenters. The van der Waals surface area contributed by atoms with Crippen molar-refractivity contribution in [3.63, 3.8) is 0 Å². The number of rotatable bonds is 10. The zero-order valence-corrected chi connectivity index (χ0v) is 34.3. The highest BCUT2D eigenvalue weighted by molar-refractivity contribution is 7.12. The molecule has 0 bridgehead atoms. The van der Waals surface area contributed by atoms with Crippen LogP contribution in [-0.4, -0.2) is 34.6 Å². The maximum atomic E-state index is 12.8. The fourth-order valence-corrected chi connectivity index (χ4v) is 11.5. The van der Waals surface area contributed by atoms with E-state index in [0.717, 1.165) is 24.1 Å². The molecule has 0 amide bonds. The first-order valence-corrected chi connectivity index (χ1v) is 24.9. The van der Waals surface area contributed by atoms with Gasteiger partial charge in [0.15, 0.2) is 22.4 Å². The minimum absolute atomic E-state index is 0.0132. The lowest BCUT2D eigenvalue weighted by Crippen LogP contribution is -2.49. The second kappa shape index (κ2) is 14.1. The minimum atomic E-state index is -1.99. The summed E-state index contributed by atoms with van der Waals surface area (Å²) in [5.41, 5.74) is 4.45. The average Bonchev–Trinajstić information content (AvgIpc) is 3.59. The van der Waals surface area contributed by atoms with Gasteiger partial charge >= 0.3 is 0 Å². The minimum Gasteiger partial charge on any atom is -0.413 e. The molecule has 3 saturated carbocycles. The van der Waals surface area contributed by atoms with E-state index >= 15 is 0 Å². The molecule has 3 nitrogen and oxygen atoms in total. The van der Waals surface area contributed by atoms with Crippen LogP contribution in [0.25, 0.3) is 0 Å². The van der Waals surface area contributed by atoms with E-state index in [4.69, 9.17) is 8.85 Å². The van der Waals surface area contributed by atoms with Gasteiger partial charge in [0.2, 0.25) is 0 Å². The predicted octanol–water partition coefficient (Wildman–Crippen LogP) is 12.5. The maximum absolute atomic E-state index is 12.8. The number of hydrogen-bond acceptors (Lipinski definition) is 4. The van der Waals surface area contributed by atoms with Gasteiger partial charge in [-0.15, -0.1) is 11.3 Å². The standard InChI is InChI=1S/C40H66O3SSi2/c1-28(18-23-35(41)37-17-15-25-44-37)33-21-22-34-30(16-14-24-40(33,34)9)19-20-31-26-32(42-45(10,11)38(3,4)5)27-36(29(31)2)43-46(12,13)39(6,7)8/h15,17,19-20,25,28,32-34,36H,2,14,16,18,21-24,26-27H2,1,3-13H3/t28-,32-,33-,34+,36+,40-/m1/s1. The Balaban J connectivity index is 1.55. The van der Waals surface area contributed by atoms with E-state index in [-0.39, 0.29) is 22.3 Å². The van der Waals surface area contributed by atoms with Gasteiger partial charge in [0.25, 0.3) is 0 Å². The van der Waals surface area contributed by atoms with Crippen molar-refractivity contribution in [1.29, 1.82) is 0 Å². The van der Waals surface area contributed by atoms with E-state index in [2.05, 4.69) is 100 Å². The van der Waals surface area contributed by atoms with E-state index in [1.807, 2.05) is 17.5 Å². The quantitative estimate of drug-likeness (QED) is 0.182. The summed E-state index contributed by atoms with van der Waals surface area (Å²) in [7, 11) is -3.93. The lowest BCUT2D eigenvalue weighted by molar-refractivity contribution is 0.0857. The second-order valence-electron chi connectivity index (χ2n) is 18.3. The van der Waals surface area contributed by atoms with Gasteiger partial charge in [0.05, 0.1) is 17.1 Å². The average molecular weight is 683 g/mol. The fourth-order valence-electron chi connectivity index (χ4n) is 8.10. The zero-order chi connectivity index (χ0) is 34.3. The maximum Gasteiger partial charge on any atom is 0.192 e. The summed E-state index contributed by atoms with van der Waals surface area (Å²) >= 11 is 1.58. The van der Waals surface area contributed by atoms with Crippen molar-refractivity contribution in [2.24, 2.45) is 23.2 Å². The number of hydrogen-bond donors (Lipinski definition) is 0. The molecule has 0 saturated heterocycles. The molecule has 0 aromatic carbocycles. The van der Waals surface area contributed by atoms with Gasteiger partial charge in [-0.2, -0.15) is 0 Å². The Morgan fingerprint density at radius 2 is 1.72 bits per heavy atom. The van der Waals surface area contributed by atoms with Gasteiger partial charge in [0, 0.05) is 12.8 Å². The molecule has 0 radical (unpaired) electrons. The number of Topliss-reactive ketones (excluding diaryl/α,β-unsaturated/α-hetero) is 1. The van der Waals surface area contributed by atoms with Crippen molar-refractivity contribution in [3.8, 4) is 0 Å². The van der Waals surface area contributed by atoms with Gasteiger partial charge in [-0.05, 0) is 127 Å². The third kappa shape index (κ3) is 8.21. The highest BCUT2D eigenvalue weighted by Gasteiger charge is 2.51. The largest absolute Gasteiger partial charge is 0.413 e. The van der Waals surface area contributed by atoms with E-state index in [0.29, 0.717) is 35.4 Å². The smallest absolute Gasteiger partial charge is 0.192 e. The van der Waals surface area contributed by atoms with Crippen molar-refractivity contribution in [1.82, 2.24) is 0 Å². The third-order valence-electron chi connectivity index (χ3n) is 13.1. The van der Waals surface area contributed by atoms with Crippen LogP contribution in [0.4, 0.5) is 0 Å². The Labute approximate surface area is 289 Å². The van der Waals surface area contributed by atoms with Gasteiger partial charge in [-0.25, -0.2) is 0 Å². The van der Waals surface area contributed by atoms with Crippen LogP contribution in [0.3, 0.4) is 0 Å². The molecule has 46 heavy (non-hydrogen) atoms. The van der Waals surface area contributed by atoms with Crippen LogP contribution in [-0.2, 0) is 8.85 Å². The summed E-state index contributed by atoms with van der Waals surface area (Å²) in [6.45, 7) is 33.1. The molecule has 4 rings (SSSR count). The van der Waals surface area contributed by atoms with Crippen molar-refractivity contribution in [2.75, 3.05) is 0 Å². The van der Waals surface area contributed by atoms with E-state index in [1.54, 1.807) is 16.9 Å². The summed E-state index contributed by atoms with van der Waals surface area (Å²) in [4.78, 5) is 13.7. The van der Waals surface area contributed by atoms with E-state index in [1.165, 1.54) is 43.3 Å². The summed E-state index contributed by atoms with van der Waals surface area (Å²) in [5, 5.41) is 2.33. The Morgan fingerprint density at radius 1 is 1.07 bits per heavy atom. The van der Waals surface area contributed by atoms with Gasteiger partial charge in [-0.3, -0.25) is 4.79 Å². The number of ketones is 1. The van der Waals surface area contributed by atoms with Crippen LogP contribution in [0.2, 0.25) is 36.3 Å². The van der Waals surface area contributed by atoms with Crippen LogP contribution in [0, 0.1) is 23.2 Å². The van der Waals surface area contributed by atoms with Crippen LogP contribution in [0.15, 0.2) is 53.0 Å². The van der Waals surface area contributed by atoms with Gasteiger partial charge < -0.3 is 8.85 Å². The number of fused-ring (bicyclic) bond motifs is 1. The number of carbonyl (C=O) groups excluding carboxylic acids is 1. The first kappa shape index (κ1) is 37.8. The van der Waals surface area contributed by atoms with Crippen LogP contribution >= 0.6 is 11.3 Å². The molecular formula is C40H66O3SSi2. The Morgan fingerprint density at radius 3 is 2.33 bits per heavy atom. The zero-order valence-electron chi connectivity index (χ0n) is 31.5. The Bertz CT molecular complexity index is 1290. The lowest BCUT2D eigenvalue weighted by Gasteiger charge is -2.46. The summed E-state index contributed by atoms with van der Waals surface area (Å²) in [5.74, 6) is 2.20. The normalized spacial score (nSPS) is 30.6. The van der Waals surface area contributed by atoms with Crippen molar-refractivity contribution >= 4 is 33.8 Å². The van der Waals surface area contributed by atoms with Gasteiger partial charge in [0.1, 0.15) is 0 Å². The third-order valence-corrected chi connectivity index (χ3v) is 23.0. The predicted molar refractivity (Wildman–Crippen MR) is 204 cm³/mol. The Hall–Kier alpha value is -1.06. The molecule has 3 aliphatic rings. The first-order valence-electron chi connectivity index (χ1n) is 18.2. The molecule has 1 heterocycles. The molecule has 3 fully saturated rings. The lowest BCUT2D eigenvalue weighted by atomic mass is 9.60. The second-order valence-corrected chi connectivity index (χ2v) is 28.7. The molecule has 6 heteroatoms. The number of allylic oxidation sites excluding steroid dienone is 3. The first-order chi connectivity index (χ1) is 21.2. The molecule has 0 spiro atoms. The van der Waals surface area contributed by atoms with Crippen molar-refractivity contribution < 1.29 is 13.6 Å². The van der Waals surface area contributed by atoms with Crippen LogP contribution < -0.4 is 0 Å². The van der Waals surface area contributed by atoms with E-state index < -0.39 is 16.6 Å². The van der Waals surface area contributed by atoms with Crippen LogP contribution in [0.5, 0.6) is 0 Å². The van der Waals surface area contributed by atoms with Crippen LogP contribution in [0.1, 0.15) is 123 Å². The number of carbonyl (C=O) groups is 1. The monoisotopic (exact) mass is 682 g/mol. The Kier molecular flexibility index (Phi) is 11.5.